The van der Waals surface area contributed by atoms with E-state index in [1.165, 1.54) is 5.52 Å². The minimum atomic E-state index is -0.660. The summed E-state index contributed by atoms with van der Waals surface area (Å²) < 4.78 is 2.16. The first-order valence-corrected chi connectivity index (χ1v) is 7.67. The van der Waals surface area contributed by atoms with Gasteiger partial charge in [0.15, 0.2) is 0 Å². The van der Waals surface area contributed by atoms with Crippen LogP contribution >= 0.6 is 0 Å². The molecule has 1 aromatic heterocycles. The molecule has 1 aliphatic carbocycles. The number of carbonyl (C=O) groups is 1. The summed E-state index contributed by atoms with van der Waals surface area (Å²) in [5, 5.41) is 14.0. The molecule has 1 fully saturated rings. The summed E-state index contributed by atoms with van der Waals surface area (Å²) in [5.74, 6) is -0.0191. The number of carbonyl (C=O) groups excluding carboxylic acids is 1. The molecule has 1 aromatic carbocycles. The first-order chi connectivity index (χ1) is 10.1. The van der Waals surface area contributed by atoms with Crippen LogP contribution in [0.2, 0.25) is 0 Å². The van der Waals surface area contributed by atoms with Crippen molar-refractivity contribution in [2.45, 2.75) is 44.8 Å². The lowest BCUT2D eigenvalue weighted by molar-refractivity contribution is -0.122. The third-order valence-corrected chi connectivity index (χ3v) is 4.46. The Labute approximate surface area is 124 Å². The van der Waals surface area contributed by atoms with Crippen LogP contribution in [0.3, 0.4) is 0 Å². The van der Waals surface area contributed by atoms with Gasteiger partial charge in [0.25, 0.3) is 0 Å². The van der Waals surface area contributed by atoms with Crippen LogP contribution < -0.4 is 5.32 Å². The Morgan fingerprint density at radius 3 is 2.81 bits per heavy atom. The molecule has 0 spiro atoms. The molecule has 1 saturated carbocycles. The van der Waals surface area contributed by atoms with Gasteiger partial charge in [-0.15, -0.1) is 0 Å². The number of aromatic nitrogens is 1. The number of aryl methyl sites for hydroxylation is 1. The monoisotopic (exact) mass is 286 g/mol. The number of para-hydroxylation sites is 1. The Morgan fingerprint density at radius 1 is 1.38 bits per heavy atom. The van der Waals surface area contributed by atoms with Gasteiger partial charge >= 0.3 is 0 Å². The van der Waals surface area contributed by atoms with Crippen LogP contribution in [-0.2, 0) is 17.8 Å². The predicted molar refractivity (Wildman–Crippen MR) is 83.1 cm³/mol. The van der Waals surface area contributed by atoms with Crippen LogP contribution in [-0.4, -0.2) is 27.7 Å². The topological polar surface area (TPSA) is 54.3 Å². The van der Waals surface area contributed by atoms with Crippen LogP contribution in [0.5, 0.6) is 0 Å². The number of nitrogens with one attached hydrogen (secondary N) is 1. The van der Waals surface area contributed by atoms with Crippen molar-refractivity contribution in [1.82, 2.24) is 9.88 Å². The number of amides is 1. The lowest BCUT2D eigenvalue weighted by Crippen LogP contribution is -2.48. The third kappa shape index (κ3) is 2.81. The lowest BCUT2D eigenvalue weighted by Gasteiger charge is -2.36. The molecule has 0 aliphatic heterocycles. The number of hydrogen-bond donors (Lipinski definition) is 2. The number of fused-ring (bicyclic) bond motifs is 1. The number of nitrogens with zero attached hydrogens (tertiary/aromatic N) is 1. The molecular formula is C17H22N2O2. The second-order valence-corrected chi connectivity index (χ2v) is 5.99. The van der Waals surface area contributed by atoms with Crippen molar-refractivity contribution in [3.63, 3.8) is 0 Å². The highest BCUT2D eigenvalue weighted by Gasteiger charge is 2.34. The normalized spacial score (nSPS) is 16.7. The van der Waals surface area contributed by atoms with Gasteiger partial charge in [0.2, 0.25) is 5.91 Å². The SMILES string of the molecule is CCn1cc(CC(=O)NCC2(O)CCC2)c2ccccc21. The first-order valence-electron chi connectivity index (χ1n) is 7.67. The van der Waals surface area contributed by atoms with E-state index in [0.29, 0.717) is 13.0 Å². The average molecular weight is 286 g/mol. The summed E-state index contributed by atoms with van der Waals surface area (Å²) in [6, 6.07) is 8.16. The van der Waals surface area contributed by atoms with E-state index in [2.05, 4.69) is 35.1 Å². The molecule has 1 aliphatic rings. The number of aliphatic hydroxyl groups is 1. The van der Waals surface area contributed by atoms with Crippen molar-refractivity contribution in [2.24, 2.45) is 0 Å². The van der Waals surface area contributed by atoms with Crippen molar-refractivity contribution >= 4 is 16.8 Å². The third-order valence-electron chi connectivity index (χ3n) is 4.46. The first kappa shape index (κ1) is 14.1. The summed E-state index contributed by atoms with van der Waals surface area (Å²) in [6.07, 6.45) is 5.06. The number of benzene rings is 1. The van der Waals surface area contributed by atoms with Gasteiger partial charge in [0.05, 0.1) is 12.0 Å². The Bertz CT molecular complexity index is 656. The predicted octanol–water partition coefficient (Wildman–Crippen LogP) is 2.23. The average Bonchev–Trinajstić information content (AvgIpc) is 2.81. The molecule has 4 heteroatoms. The Morgan fingerprint density at radius 2 is 2.14 bits per heavy atom. The van der Waals surface area contributed by atoms with Crippen LogP contribution in [0, 0.1) is 0 Å². The molecule has 3 rings (SSSR count). The summed E-state index contributed by atoms with van der Waals surface area (Å²) >= 11 is 0. The number of rotatable bonds is 5. The van der Waals surface area contributed by atoms with E-state index < -0.39 is 5.60 Å². The van der Waals surface area contributed by atoms with E-state index >= 15 is 0 Å². The van der Waals surface area contributed by atoms with Crippen LogP contribution in [0.1, 0.15) is 31.7 Å². The maximum atomic E-state index is 12.1. The van der Waals surface area contributed by atoms with Gasteiger partial charge in [-0.25, -0.2) is 0 Å². The highest BCUT2D eigenvalue weighted by molar-refractivity contribution is 5.89. The van der Waals surface area contributed by atoms with E-state index in [1.54, 1.807) is 0 Å². The van der Waals surface area contributed by atoms with Gasteiger partial charge in [-0.05, 0) is 37.8 Å². The van der Waals surface area contributed by atoms with E-state index in [1.807, 2.05) is 12.1 Å². The molecule has 0 unspecified atom stereocenters. The molecular weight excluding hydrogens is 264 g/mol. The van der Waals surface area contributed by atoms with Crippen molar-refractivity contribution in [3.8, 4) is 0 Å². The summed E-state index contributed by atoms with van der Waals surface area (Å²) in [5.41, 5.74) is 1.55. The molecule has 1 heterocycles. The second-order valence-electron chi connectivity index (χ2n) is 5.99. The largest absolute Gasteiger partial charge is 0.388 e. The molecule has 0 atom stereocenters. The maximum Gasteiger partial charge on any atom is 0.224 e. The van der Waals surface area contributed by atoms with Crippen LogP contribution in [0.4, 0.5) is 0 Å². The Kier molecular flexibility index (Phi) is 3.72. The van der Waals surface area contributed by atoms with Crippen molar-refractivity contribution in [3.05, 3.63) is 36.0 Å². The summed E-state index contributed by atoms with van der Waals surface area (Å²) in [7, 11) is 0. The standard InChI is InChI=1S/C17H22N2O2/c1-2-19-11-13(14-6-3-4-7-15(14)19)10-16(20)18-12-17(21)8-5-9-17/h3-4,6-7,11,21H,2,5,8-10,12H2,1H3,(H,18,20). The van der Waals surface area contributed by atoms with E-state index in [9.17, 15) is 9.90 Å². The van der Waals surface area contributed by atoms with Crippen LogP contribution in [0.25, 0.3) is 10.9 Å². The quantitative estimate of drug-likeness (QED) is 0.885. The minimum absolute atomic E-state index is 0.0191. The zero-order valence-corrected chi connectivity index (χ0v) is 12.4. The summed E-state index contributed by atoms with van der Waals surface area (Å²) in [4.78, 5) is 12.1. The van der Waals surface area contributed by atoms with Gasteiger partial charge in [-0.2, -0.15) is 0 Å². The fourth-order valence-corrected chi connectivity index (χ4v) is 2.99. The zero-order chi connectivity index (χ0) is 14.9. The van der Waals surface area contributed by atoms with Crippen LogP contribution in [0.15, 0.2) is 30.5 Å². The van der Waals surface area contributed by atoms with E-state index in [-0.39, 0.29) is 5.91 Å². The molecule has 4 nitrogen and oxygen atoms in total. The molecule has 2 N–H and O–H groups in total. The van der Waals surface area contributed by atoms with Crippen molar-refractivity contribution in [2.75, 3.05) is 6.54 Å². The molecule has 0 saturated heterocycles. The fourth-order valence-electron chi connectivity index (χ4n) is 2.99. The van der Waals surface area contributed by atoms with Gasteiger partial charge in [-0.1, -0.05) is 18.2 Å². The molecule has 1 amide bonds. The van der Waals surface area contributed by atoms with Gasteiger partial charge in [0, 0.05) is 30.2 Å². The van der Waals surface area contributed by atoms with Crippen molar-refractivity contribution in [1.29, 1.82) is 0 Å². The zero-order valence-electron chi connectivity index (χ0n) is 12.4. The minimum Gasteiger partial charge on any atom is -0.388 e. The smallest absolute Gasteiger partial charge is 0.224 e. The summed E-state index contributed by atoms with van der Waals surface area (Å²) in [6.45, 7) is 3.36. The van der Waals surface area contributed by atoms with Gasteiger partial charge < -0.3 is 15.0 Å². The highest BCUT2D eigenvalue weighted by atomic mass is 16.3. The highest BCUT2D eigenvalue weighted by Crippen LogP contribution is 2.30. The molecule has 0 radical (unpaired) electrons. The van der Waals surface area contributed by atoms with Crippen molar-refractivity contribution < 1.29 is 9.90 Å². The molecule has 0 bridgehead atoms. The Hall–Kier alpha value is -1.81. The maximum absolute atomic E-state index is 12.1. The van der Waals surface area contributed by atoms with Gasteiger partial charge in [0.1, 0.15) is 0 Å². The molecule has 2 aromatic rings. The number of hydrogen-bond acceptors (Lipinski definition) is 2. The van der Waals surface area contributed by atoms with E-state index in [0.717, 1.165) is 36.8 Å². The molecule has 21 heavy (non-hydrogen) atoms. The van der Waals surface area contributed by atoms with Gasteiger partial charge in [-0.3, -0.25) is 4.79 Å². The molecule has 112 valence electrons. The Balaban J connectivity index is 1.71. The lowest BCUT2D eigenvalue weighted by atomic mass is 9.80. The second kappa shape index (κ2) is 5.53. The van der Waals surface area contributed by atoms with E-state index in [4.69, 9.17) is 0 Å². The fraction of sp³-hybridized carbons (Fsp3) is 0.471.